The highest BCUT2D eigenvalue weighted by Gasteiger charge is 2.46. The zero-order valence-corrected chi connectivity index (χ0v) is 13.0. The summed E-state index contributed by atoms with van der Waals surface area (Å²) < 4.78 is 26.1. The van der Waals surface area contributed by atoms with Crippen LogP contribution in [0.15, 0.2) is 23.1 Å². The number of sulfonamides is 1. The zero-order valence-electron chi connectivity index (χ0n) is 12.2. The number of hydrogen-bond donors (Lipinski definition) is 2. The SMILES string of the molecule is CCCC1(O)CN(S(=O)(=O)c2ccc(C)c(C(N)=O)c2)C1. The van der Waals surface area contributed by atoms with Gasteiger partial charge in [-0.15, -0.1) is 0 Å². The number of hydrogen-bond acceptors (Lipinski definition) is 4. The van der Waals surface area contributed by atoms with E-state index in [4.69, 9.17) is 5.73 Å². The van der Waals surface area contributed by atoms with E-state index in [0.717, 1.165) is 6.42 Å². The average molecular weight is 312 g/mol. The molecule has 3 N–H and O–H groups in total. The smallest absolute Gasteiger partial charge is 0.249 e. The van der Waals surface area contributed by atoms with Gasteiger partial charge in [0.15, 0.2) is 0 Å². The first-order valence-corrected chi connectivity index (χ1v) is 8.26. The summed E-state index contributed by atoms with van der Waals surface area (Å²) in [5.41, 5.74) is 5.14. The van der Waals surface area contributed by atoms with Crippen molar-refractivity contribution in [1.82, 2.24) is 4.31 Å². The Labute approximate surface area is 124 Å². The van der Waals surface area contributed by atoms with Crippen molar-refractivity contribution in [2.45, 2.75) is 37.2 Å². The van der Waals surface area contributed by atoms with Gasteiger partial charge in [0.25, 0.3) is 0 Å². The molecule has 0 radical (unpaired) electrons. The predicted molar refractivity (Wildman–Crippen MR) is 78.3 cm³/mol. The second-order valence-corrected chi connectivity index (χ2v) is 7.53. The Hall–Kier alpha value is -1.44. The molecule has 1 aliphatic rings. The minimum Gasteiger partial charge on any atom is -0.387 e. The molecule has 0 aliphatic carbocycles. The largest absolute Gasteiger partial charge is 0.387 e. The Kier molecular flexibility index (Phi) is 4.10. The van der Waals surface area contributed by atoms with Crippen LogP contribution in [0.25, 0.3) is 0 Å². The van der Waals surface area contributed by atoms with Crippen LogP contribution in [0.3, 0.4) is 0 Å². The summed E-state index contributed by atoms with van der Waals surface area (Å²) in [5.74, 6) is -0.657. The Bertz CT molecular complexity index is 664. The van der Waals surface area contributed by atoms with Crippen LogP contribution in [-0.2, 0) is 10.0 Å². The molecule has 116 valence electrons. The third kappa shape index (κ3) is 2.95. The first-order valence-electron chi connectivity index (χ1n) is 6.82. The van der Waals surface area contributed by atoms with Gasteiger partial charge in [0.2, 0.25) is 15.9 Å². The highest BCUT2D eigenvalue weighted by atomic mass is 32.2. The van der Waals surface area contributed by atoms with Crippen LogP contribution >= 0.6 is 0 Å². The molecular weight excluding hydrogens is 292 g/mol. The summed E-state index contributed by atoms with van der Waals surface area (Å²) in [6.07, 6.45) is 1.36. The summed E-state index contributed by atoms with van der Waals surface area (Å²) in [5, 5.41) is 10.1. The van der Waals surface area contributed by atoms with Crippen molar-refractivity contribution in [2.24, 2.45) is 5.73 Å². The molecule has 1 amide bonds. The van der Waals surface area contributed by atoms with Crippen molar-refractivity contribution in [3.63, 3.8) is 0 Å². The van der Waals surface area contributed by atoms with Crippen molar-refractivity contribution in [1.29, 1.82) is 0 Å². The molecular formula is C14H20N2O4S. The standard InChI is InChI=1S/C14H20N2O4S/c1-3-6-14(18)8-16(9-14)21(19,20)11-5-4-10(2)12(7-11)13(15)17/h4-5,7,18H,3,6,8-9H2,1-2H3,(H2,15,17). The molecule has 1 saturated heterocycles. The molecule has 0 saturated carbocycles. The van der Waals surface area contributed by atoms with E-state index in [1.165, 1.54) is 16.4 Å². The maximum Gasteiger partial charge on any atom is 0.249 e. The average Bonchev–Trinajstić information content (AvgIpc) is 2.36. The molecule has 0 aromatic heterocycles. The third-order valence-corrected chi connectivity index (χ3v) is 5.56. The van der Waals surface area contributed by atoms with Crippen LogP contribution in [0.4, 0.5) is 0 Å². The summed E-state index contributed by atoms with van der Waals surface area (Å²) >= 11 is 0. The first kappa shape index (κ1) is 15.9. The number of carbonyl (C=O) groups excluding carboxylic acids is 1. The fourth-order valence-corrected chi connectivity index (χ4v) is 4.21. The van der Waals surface area contributed by atoms with Gasteiger partial charge in [-0.2, -0.15) is 4.31 Å². The summed E-state index contributed by atoms with van der Waals surface area (Å²) in [6, 6.07) is 4.31. The molecule has 1 aliphatic heterocycles. The summed E-state index contributed by atoms with van der Waals surface area (Å²) in [7, 11) is -3.70. The summed E-state index contributed by atoms with van der Waals surface area (Å²) in [6.45, 7) is 3.81. The van der Waals surface area contributed by atoms with Crippen molar-refractivity contribution in [3.05, 3.63) is 29.3 Å². The number of rotatable bonds is 5. The maximum atomic E-state index is 12.5. The fourth-order valence-electron chi connectivity index (χ4n) is 2.58. The molecule has 7 heteroatoms. The van der Waals surface area contributed by atoms with E-state index in [0.29, 0.717) is 12.0 Å². The number of amides is 1. The second kappa shape index (κ2) is 5.40. The van der Waals surface area contributed by atoms with Gasteiger partial charge in [0.1, 0.15) is 0 Å². The van der Waals surface area contributed by atoms with E-state index in [1.54, 1.807) is 13.0 Å². The van der Waals surface area contributed by atoms with E-state index in [2.05, 4.69) is 0 Å². The van der Waals surface area contributed by atoms with Crippen molar-refractivity contribution in [3.8, 4) is 0 Å². The molecule has 1 heterocycles. The van der Waals surface area contributed by atoms with E-state index >= 15 is 0 Å². The predicted octanol–water partition coefficient (Wildman–Crippen LogP) is 0.629. The molecule has 6 nitrogen and oxygen atoms in total. The van der Waals surface area contributed by atoms with E-state index in [9.17, 15) is 18.3 Å². The molecule has 21 heavy (non-hydrogen) atoms. The maximum absolute atomic E-state index is 12.5. The lowest BCUT2D eigenvalue weighted by Crippen LogP contribution is -2.63. The van der Waals surface area contributed by atoms with Crippen LogP contribution in [0.2, 0.25) is 0 Å². The van der Waals surface area contributed by atoms with E-state index < -0.39 is 21.5 Å². The Morgan fingerprint density at radius 1 is 1.43 bits per heavy atom. The quantitative estimate of drug-likeness (QED) is 0.832. The summed E-state index contributed by atoms with van der Waals surface area (Å²) in [4.78, 5) is 11.3. The molecule has 2 rings (SSSR count). The Balaban J connectivity index is 2.26. The van der Waals surface area contributed by atoms with Crippen molar-refractivity contribution >= 4 is 15.9 Å². The molecule has 1 fully saturated rings. The second-order valence-electron chi connectivity index (χ2n) is 5.59. The number of aliphatic hydroxyl groups is 1. The molecule has 0 unspecified atom stereocenters. The molecule has 0 atom stereocenters. The lowest BCUT2D eigenvalue weighted by Gasteiger charge is -2.45. The zero-order chi connectivity index (χ0) is 15.8. The number of carbonyl (C=O) groups is 1. The van der Waals surface area contributed by atoms with Gasteiger partial charge in [0, 0.05) is 18.7 Å². The van der Waals surface area contributed by atoms with E-state index in [1.807, 2.05) is 6.92 Å². The van der Waals surface area contributed by atoms with Gasteiger partial charge in [-0.05, 0) is 31.0 Å². The topological polar surface area (TPSA) is 101 Å². The number of benzene rings is 1. The van der Waals surface area contributed by atoms with Crippen LogP contribution in [0.1, 0.15) is 35.7 Å². The first-order chi connectivity index (χ1) is 9.69. The van der Waals surface area contributed by atoms with Crippen LogP contribution < -0.4 is 5.73 Å². The van der Waals surface area contributed by atoms with Gasteiger partial charge in [0.05, 0.1) is 10.5 Å². The molecule has 0 bridgehead atoms. The van der Waals surface area contributed by atoms with Gasteiger partial charge in [-0.25, -0.2) is 8.42 Å². The fraction of sp³-hybridized carbons (Fsp3) is 0.500. The Morgan fingerprint density at radius 2 is 2.05 bits per heavy atom. The van der Waals surface area contributed by atoms with Gasteiger partial charge >= 0.3 is 0 Å². The van der Waals surface area contributed by atoms with E-state index in [-0.39, 0.29) is 23.5 Å². The lowest BCUT2D eigenvalue weighted by molar-refractivity contribution is -0.0653. The van der Waals surface area contributed by atoms with Gasteiger partial charge in [-0.3, -0.25) is 4.79 Å². The van der Waals surface area contributed by atoms with Crippen LogP contribution in [0, 0.1) is 6.92 Å². The molecule has 0 spiro atoms. The third-order valence-electron chi connectivity index (χ3n) is 3.77. The number of aryl methyl sites for hydroxylation is 1. The van der Waals surface area contributed by atoms with Gasteiger partial charge < -0.3 is 10.8 Å². The van der Waals surface area contributed by atoms with Gasteiger partial charge in [-0.1, -0.05) is 19.4 Å². The monoisotopic (exact) mass is 312 g/mol. The normalized spacial score (nSPS) is 18.2. The van der Waals surface area contributed by atoms with Crippen LogP contribution in [0.5, 0.6) is 0 Å². The van der Waals surface area contributed by atoms with Crippen LogP contribution in [-0.4, -0.2) is 42.4 Å². The Morgan fingerprint density at radius 3 is 2.57 bits per heavy atom. The number of nitrogens with two attached hydrogens (primary N) is 1. The number of nitrogens with zero attached hydrogens (tertiary/aromatic N) is 1. The van der Waals surface area contributed by atoms with Crippen molar-refractivity contribution < 1.29 is 18.3 Å². The highest BCUT2D eigenvalue weighted by molar-refractivity contribution is 7.89. The van der Waals surface area contributed by atoms with Crippen molar-refractivity contribution in [2.75, 3.05) is 13.1 Å². The minimum absolute atomic E-state index is 0.0282. The molecule has 1 aromatic carbocycles. The lowest BCUT2D eigenvalue weighted by atomic mass is 9.92. The number of primary amides is 1. The molecule has 1 aromatic rings. The number of β-amino-alcohol motifs (C(OH)–C–C–N with tert-alkyl or cyclic N) is 1. The highest BCUT2D eigenvalue weighted by Crippen LogP contribution is 2.31. The minimum atomic E-state index is -3.70.